The van der Waals surface area contributed by atoms with Crippen LogP contribution in [-0.4, -0.2) is 29.9 Å². The van der Waals surface area contributed by atoms with Crippen LogP contribution in [-0.2, 0) is 17.8 Å². The van der Waals surface area contributed by atoms with Crippen molar-refractivity contribution in [2.24, 2.45) is 0 Å². The monoisotopic (exact) mass is 323 g/mol. The fourth-order valence-electron chi connectivity index (χ4n) is 3.27. The Hall–Kier alpha value is -2.33. The maximum Gasteiger partial charge on any atom is 0.224 e. The minimum Gasteiger partial charge on any atom is -0.399 e. The Morgan fingerprint density at radius 2 is 1.83 bits per heavy atom. The summed E-state index contributed by atoms with van der Waals surface area (Å²) < 4.78 is 0. The number of nitrogens with one attached hydrogen (secondary N) is 1. The van der Waals surface area contributed by atoms with Gasteiger partial charge in [0, 0.05) is 24.8 Å². The van der Waals surface area contributed by atoms with Crippen LogP contribution in [0.15, 0.2) is 54.6 Å². The summed E-state index contributed by atoms with van der Waals surface area (Å²) >= 11 is 0. The topological polar surface area (TPSA) is 58.4 Å². The lowest BCUT2D eigenvalue weighted by atomic mass is 10.1. The molecule has 1 atom stereocenters. The van der Waals surface area contributed by atoms with Crippen LogP contribution in [0.3, 0.4) is 0 Å². The van der Waals surface area contributed by atoms with Crippen molar-refractivity contribution in [1.82, 2.24) is 10.2 Å². The summed E-state index contributed by atoms with van der Waals surface area (Å²) in [5.41, 5.74) is 8.72. The van der Waals surface area contributed by atoms with Gasteiger partial charge in [0.1, 0.15) is 0 Å². The van der Waals surface area contributed by atoms with Gasteiger partial charge in [0.05, 0.1) is 6.42 Å². The van der Waals surface area contributed by atoms with Crippen LogP contribution in [0.25, 0.3) is 0 Å². The number of hydrogen-bond donors (Lipinski definition) is 2. The molecule has 4 nitrogen and oxygen atoms in total. The van der Waals surface area contributed by atoms with Gasteiger partial charge in [-0.15, -0.1) is 0 Å². The number of nitrogens with two attached hydrogens (primary N) is 1. The third kappa shape index (κ3) is 4.59. The van der Waals surface area contributed by atoms with Gasteiger partial charge in [-0.25, -0.2) is 0 Å². The molecule has 24 heavy (non-hydrogen) atoms. The van der Waals surface area contributed by atoms with E-state index in [-0.39, 0.29) is 5.91 Å². The van der Waals surface area contributed by atoms with Crippen LogP contribution in [0.1, 0.15) is 24.0 Å². The zero-order valence-corrected chi connectivity index (χ0v) is 13.9. The van der Waals surface area contributed by atoms with Crippen LogP contribution in [0, 0.1) is 0 Å². The van der Waals surface area contributed by atoms with Gasteiger partial charge in [-0.3, -0.25) is 9.69 Å². The average Bonchev–Trinajstić information content (AvgIpc) is 3.03. The van der Waals surface area contributed by atoms with E-state index in [2.05, 4.69) is 34.5 Å². The van der Waals surface area contributed by atoms with Gasteiger partial charge in [-0.1, -0.05) is 42.5 Å². The molecule has 3 rings (SSSR count). The first-order valence-corrected chi connectivity index (χ1v) is 8.60. The molecule has 126 valence electrons. The molecule has 1 aliphatic rings. The molecule has 1 amide bonds. The third-order valence-electron chi connectivity index (χ3n) is 4.61. The average molecular weight is 323 g/mol. The van der Waals surface area contributed by atoms with Gasteiger partial charge in [-0.2, -0.15) is 0 Å². The van der Waals surface area contributed by atoms with Crippen molar-refractivity contribution in [3.05, 3.63) is 65.7 Å². The summed E-state index contributed by atoms with van der Waals surface area (Å²) in [5.74, 6) is 0.0753. The molecule has 1 aliphatic heterocycles. The lowest BCUT2D eigenvalue weighted by Gasteiger charge is -2.24. The normalized spacial score (nSPS) is 17.8. The molecule has 1 heterocycles. The molecule has 1 saturated heterocycles. The molecule has 3 N–H and O–H groups in total. The van der Waals surface area contributed by atoms with Gasteiger partial charge in [0.25, 0.3) is 0 Å². The summed E-state index contributed by atoms with van der Waals surface area (Å²) in [6.45, 7) is 2.79. The number of carbonyl (C=O) groups excluding carboxylic acids is 1. The summed E-state index contributed by atoms with van der Waals surface area (Å²) in [5, 5.41) is 3.09. The number of anilines is 1. The van der Waals surface area contributed by atoms with E-state index in [1.54, 1.807) is 0 Å². The van der Waals surface area contributed by atoms with Crippen LogP contribution in [0.2, 0.25) is 0 Å². The van der Waals surface area contributed by atoms with Crippen molar-refractivity contribution in [2.75, 3.05) is 18.8 Å². The molecular weight excluding hydrogens is 298 g/mol. The summed E-state index contributed by atoms with van der Waals surface area (Å²) in [6.07, 6.45) is 2.76. The second kappa shape index (κ2) is 7.97. The standard InChI is InChI=1S/C20H25N3O/c21-18-10-8-16(9-11-18)13-20(24)22-14-19-7-4-12-23(19)15-17-5-2-1-3-6-17/h1-3,5-6,8-11,19H,4,7,12-15,21H2,(H,22,24). The minimum atomic E-state index is 0.0753. The fraction of sp³-hybridized carbons (Fsp3) is 0.350. The van der Waals surface area contributed by atoms with Crippen LogP contribution in [0.4, 0.5) is 5.69 Å². The van der Waals surface area contributed by atoms with E-state index in [0.29, 0.717) is 12.5 Å². The van der Waals surface area contributed by atoms with Crippen LogP contribution < -0.4 is 11.1 Å². The van der Waals surface area contributed by atoms with E-state index in [0.717, 1.165) is 37.3 Å². The molecule has 0 bridgehead atoms. The highest BCUT2D eigenvalue weighted by Crippen LogP contribution is 2.19. The molecule has 2 aromatic carbocycles. The molecule has 0 saturated carbocycles. The van der Waals surface area contributed by atoms with Crippen molar-refractivity contribution >= 4 is 11.6 Å². The first-order chi connectivity index (χ1) is 11.7. The summed E-state index contributed by atoms with van der Waals surface area (Å²) in [4.78, 5) is 14.6. The molecule has 0 spiro atoms. The number of nitrogens with zero attached hydrogens (tertiary/aromatic N) is 1. The van der Waals surface area contributed by atoms with Crippen molar-refractivity contribution in [3.63, 3.8) is 0 Å². The lowest BCUT2D eigenvalue weighted by Crippen LogP contribution is -2.40. The molecule has 0 aromatic heterocycles. The van der Waals surface area contributed by atoms with E-state index in [1.807, 2.05) is 30.3 Å². The number of likely N-dealkylation sites (tertiary alicyclic amines) is 1. The first-order valence-electron chi connectivity index (χ1n) is 8.60. The molecule has 1 fully saturated rings. The Kier molecular flexibility index (Phi) is 5.49. The minimum absolute atomic E-state index is 0.0753. The van der Waals surface area contributed by atoms with E-state index < -0.39 is 0 Å². The highest BCUT2D eigenvalue weighted by Gasteiger charge is 2.24. The highest BCUT2D eigenvalue weighted by atomic mass is 16.1. The Balaban J connectivity index is 1.48. The van der Waals surface area contributed by atoms with E-state index in [9.17, 15) is 4.79 Å². The molecule has 0 radical (unpaired) electrons. The molecule has 0 aliphatic carbocycles. The number of benzene rings is 2. The Morgan fingerprint density at radius 3 is 2.58 bits per heavy atom. The van der Waals surface area contributed by atoms with Crippen molar-refractivity contribution in [2.45, 2.75) is 31.8 Å². The number of amides is 1. The predicted molar refractivity (Wildman–Crippen MR) is 97.4 cm³/mol. The Bertz CT molecular complexity index is 654. The van der Waals surface area contributed by atoms with E-state index >= 15 is 0 Å². The van der Waals surface area contributed by atoms with Crippen molar-refractivity contribution < 1.29 is 4.79 Å². The summed E-state index contributed by atoms with van der Waals surface area (Å²) in [6, 6.07) is 18.4. The molecule has 1 unspecified atom stereocenters. The zero-order valence-electron chi connectivity index (χ0n) is 13.9. The Morgan fingerprint density at radius 1 is 1.08 bits per heavy atom. The van der Waals surface area contributed by atoms with E-state index in [4.69, 9.17) is 5.73 Å². The maximum atomic E-state index is 12.2. The predicted octanol–water partition coefficient (Wildman–Crippen LogP) is 2.59. The van der Waals surface area contributed by atoms with E-state index in [1.165, 1.54) is 12.0 Å². The number of nitrogen functional groups attached to an aromatic ring is 1. The maximum absolute atomic E-state index is 12.2. The number of rotatable bonds is 6. The molecule has 4 heteroatoms. The Labute approximate surface area is 143 Å². The fourth-order valence-corrected chi connectivity index (χ4v) is 3.27. The van der Waals surface area contributed by atoms with Crippen LogP contribution in [0.5, 0.6) is 0 Å². The first kappa shape index (κ1) is 16.5. The van der Waals surface area contributed by atoms with Crippen molar-refractivity contribution in [1.29, 1.82) is 0 Å². The van der Waals surface area contributed by atoms with Gasteiger partial charge < -0.3 is 11.1 Å². The highest BCUT2D eigenvalue weighted by molar-refractivity contribution is 5.78. The second-order valence-electron chi connectivity index (χ2n) is 6.47. The van der Waals surface area contributed by atoms with Gasteiger partial charge in [-0.05, 0) is 42.6 Å². The summed E-state index contributed by atoms with van der Waals surface area (Å²) in [7, 11) is 0. The second-order valence-corrected chi connectivity index (χ2v) is 6.47. The SMILES string of the molecule is Nc1ccc(CC(=O)NCC2CCCN2Cc2ccccc2)cc1. The van der Waals surface area contributed by atoms with Gasteiger partial charge >= 0.3 is 0 Å². The lowest BCUT2D eigenvalue weighted by molar-refractivity contribution is -0.120. The number of hydrogen-bond acceptors (Lipinski definition) is 3. The quantitative estimate of drug-likeness (QED) is 0.803. The zero-order chi connectivity index (χ0) is 16.8. The molecular formula is C20H25N3O. The van der Waals surface area contributed by atoms with Crippen molar-refractivity contribution in [3.8, 4) is 0 Å². The smallest absolute Gasteiger partial charge is 0.224 e. The largest absolute Gasteiger partial charge is 0.399 e. The third-order valence-corrected chi connectivity index (χ3v) is 4.61. The molecule has 2 aromatic rings. The van der Waals surface area contributed by atoms with Gasteiger partial charge in [0.15, 0.2) is 0 Å². The number of carbonyl (C=O) groups is 1. The van der Waals surface area contributed by atoms with Gasteiger partial charge in [0.2, 0.25) is 5.91 Å². The van der Waals surface area contributed by atoms with Crippen LogP contribution >= 0.6 is 0 Å².